The summed E-state index contributed by atoms with van der Waals surface area (Å²) in [5.41, 5.74) is 0. The Balaban J connectivity index is 1.91. The number of piperidine rings is 2. The Morgan fingerprint density at radius 2 is 1.58 bits per heavy atom. The number of nitrogens with zero attached hydrogens (tertiary/aromatic N) is 3. The van der Waals surface area contributed by atoms with E-state index in [-0.39, 0.29) is 29.8 Å². The molecule has 2 aliphatic heterocycles. The van der Waals surface area contributed by atoms with Gasteiger partial charge in [-0.25, -0.2) is 0 Å². The minimum absolute atomic E-state index is 0.0457. The second-order valence-corrected chi connectivity index (χ2v) is 7.99. The van der Waals surface area contributed by atoms with Gasteiger partial charge in [0, 0.05) is 38.1 Å². The predicted molar refractivity (Wildman–Crippen MR) is 96.7 cm³/mol. The van der Waals surface area contributed by atoms with Crippen LogP contribution in [0.1, 0.15) is 59.8 Å². The molecule has 0 aromatic heterocycles. The molecule has 2 aliphatic rings. The van der Waals surface area contributed by atoms with Crippen molar-refractivity contribution in [3.05, 3.63) is 0 Å². The zero-order valence-corrected chi connectivity index (χ0v) is 16.1. The standard InChI is InChI=1S/C19H35N3O2/c1-14(2)20(5)18(23)16-9-12-21(13-10-16)19(24)17-8-6-7-11-22(17)15(3)4/h14-17H,6-13H2,1-5H3/t17-/m0/s1. The highest BCUT2D eigenvalue weighted by atomic mass is 16.2. The lowest BCUT2D eigenvalue weighted by molar-refractivity contribution is -0.144. The average molecular weight is 338 g/mol. The van der Waals surface area contributed by atoms with Gasteiger partial charge in [-0.2, -0.15) is 0 Å². The molecule has 2 fully saturated rings. The Morgan fingerprint density at radius 3 is 2.12 bits per heavy atom. The van der Waals surface area contributed by atoms with Crippen LogP contribution in [0, 0.1) is 5.92 Å². The van der Waals surface area contributed by atoms with Crippen LogP contribution >= 0.6 is 0 Å². The third-order valence-electron chi connectivity index (χ3n) is 5.77. The largest absolute Gasteiger partial charge is 0.343 e. The second-order valence-electron chi connectivity index (χ2n) is 7.99. The molecule has 0 N–H and O–H groups in total. The molecular formula is C19H35N3O2. The zero-order chi connectivity index (χ0) is 17.9. The number of amides is 2. The van der Waals surface area contributed by atoms with Gasteiger partial charge in [0.1, 0.15) is 0 Å². The molecule has 2 saturated heterocycles. The van der Waals surface area contributed by atoms with Crippen molar-refractivity contribution in [3.63, 3.8) is 0 Å². The van der Waals surface area contributed by atoms with Gasteiger partial charge in [0.05, 0.1) is 6.04 Å². The van der Waals surface area contributed by atoms with Gasteiger partial charge in [0.2, 0.25) is 11.8 Å². The fourth-order valence-electron chi connectivity index (χ4n) is 3.94. The first-order valence-corrected chi connectivity index (χ1v) is 9.64. The third-order valence-corrected chi connectivity index (χ3v) is 5.77. The molecule has 0 radical (unpaired) electrons. The van der Waals surface area contributed by atoms with Crippen LogP contribution in [-0.2, 0) is 9.59 Å². The monoisotopic (exact) mass is 337 g/mol. The van der Waals surface area contributed by atoms with Crippen LogP contribution in [0.2, 0.25) is 0 Å². The number of hydrogen-bond donors (Lipinski definition) is 0. The molecule has 138 valence electrons. The van der Waals surface area contributed by atoms with E-state index in [1.807, 2.05) is 30.7 Å². The van der Waals surface area contributed by atoms with Crippen molar-refractivity contribution in [2.24, 2.45) is 5.92 Å². The lowest BCUT2D eigenvalue weighted by Crippen LogP contribution is -2.55. The number of rotatable bonds is 4. The molecule has 0 aliphatic carbocycles. The number of carbonyl (C=O) groups excluding carboxylic acids is 2. The Morgan fingerprint density at radius 1 is 0.958 bits per heavy atom. The van der Waals surface area contributed by atoms with Crippen LogP contribution in [-0.4, -0.2) is 71.3 Å². The van der Waals surface area contributed by atoms with Gasteiger partial charge in [-0.3, -0.25) is 14.5 Å². The molecule has 1 atom stereocenters. The van der Waals surface area contributed by atoms with Crippen LogP contribution in [0.4, 0.5) is 0 Å². The summed E-state index contributed by atoms with van der Waals surface area (Å²) < 4.78 is 0. The molecule has 2 amide bonds. The lowest BCUT2D eigenvalue weighted by atomic mass is 9.93. The molecule has 0 unspecified atom stereocenters. The second kappa shape index (κ2) is 8.32. The minimum Gasteiger partial charge on any atom is -0.343 e. The molecule has 0 aromatic carbocycles. The Labute approximate surface area is 147 Å². The molecule has 2 heterocycles. The zero-order valence-electron chi connectivity index (χ0n) is 16.1. The first-order chi connectivity index (χ1) is 11.3. The highest BCUT2D eigenvalue weighted by molar-refractivity contribution is 5.83. The summed E-state index contributed by atoms with van der Waals surface area (Å²) in [6.07, 6.45) is 4.92. The van der Waals surface area contributed by atoms with Crippen LogP contribution in [0.15, 0.2) is 0 Å². The predicted octanol–water partition coefficient (Wildman–Crippen LogP) is 2.35. The van der Waals surface area contributed by atoms with Crippen molar-refractivity contribution < 1.29 is 9.59 Å². The van der Waals surface area contributed by atoms with E-state index in [4.69, 9.17) is 0 Å². The molecule has 5 heteroatoms. The van der Waals surface area contributed by atoms with Crippen molar-refractivity contribution in [2.45, 2.75) is 77.9 Å². The summed E-state index contributed by atoms with van der Waals surface area (Å²) in [7, 11) is 1.88. The maximum atomic E-state index is 13.0. The number of likely N-dealkylation sites (tertiary alicyclic amines) is 2. The van der Waals surface area contributed by atoms with Gasteiger partial charge < -0.3 is 9.80 Å². The first-order valence-electron chi connectivity index (χ1n) is 9.64. The van der Waals surface area contributed by atoms with Gasteiger partial charge in [-0.1, -0.05) is 6.42 Å². The number of hydrogen-bond acceptors (Lipinski definition) is 3. The van der Waals surface area contributed by atoms with E-state index in [0.29, 0.717) is 6.04 Å². The van der Waals surface area contributed by atoms with Crippen molar-refractivity contribution in [1.29, 1.82) is 0 Å². The van der Waals surface area contributed by atoms with Crippen LogP contribution in [0.5, 0.6) is 0 Å². The van der Waals surface area contributed by atoms with Crippen molar-refractivity contribution in [1.82, 2.24) is 14.7 Å². The highest BCUT2D eigenvalue weighted by Crippen LogP contribution is 2.25. The normalized spacial score (nSPS) is 23.8. The lowest BCUT2D eigenvalue weighted by Gasteiger charge is -2.42. The van der Waals surface area contributed by atoms with Crippen LogP contribution in [0.25, 0.3) is 0 Å². The topological polar surface area (TPSA) is 43.9 Å². The SMILES string of the molecule is CC(C)N(C)C(=O)C1CCN(C(=O)[C@@H]2CCCCN2C(C)C)CC1. The Hall–Kier alpha value is -1.10. The smallest absolute Gasteiger partial charge is 0.239 e. The van der Waals surface area contributed by atoms with E-state index >= 15 is 0 Å². The van der Waals surface area contributed by atoms with Gasteiger partial charge >= 0.3 is 0 Å². The van der Waals surface area contributed by atoms with E-state index in [2.05, 4.69) is 18.7 Å². The average Bonchev–Trinajstić information content (AvgIpc) is 2.59. The summed E-state index contributed by atoms with van der Waals surface area (Å²) in [5.74, 6) is 0.596. The summed E-state index contributed by atoms with van der Waals surface area (Å²) in [5, 5.41) is 0. The molecule has 0 aromatic rings. The minimum atomic E-state index is 0.0457. The van der Waals surface area contributed by atoms with E-state index in [1.54, 1.807) is 0 Å². The van der Waals surface area contributed by atoms with E-state index in [9.17, 15) is 9.59 Å². The molecular weight excluding hydrogens is 302 g/mol. The fourth-order valence-corrected chi connectivity index (χ4v) is 3.94. The summed E-state index contributed by atoms with van der Waals surface area (Å²) in [6, 6.07) is 0.696. The molecule has 24 heavy (non-hydrogen) atoms. The molecule has 0 bridgehead atoms. The van der Waals surface area contributed by atoms with Crippen LogP contribution < -0.4 is 0 Å². The molecule has 0 saturated carbocycles. The van der Waals surface area contributed by atoms with Gasteiger partial charge in [0.25, 0.3) is 0 Å². The van der Waals surface area contributed by atoms with Crippen molar-refractivity contribution >= 4 is 11.8 Å². The van der Waals surface area contributed by atoms with Gasteiger partial charge in [0.15, 0.2) is 0 Å². The Kier molecular flexibility index (Phi) is 6.67. The molecule has 2 rings (SSSR count). The van der Waals surface area contributed by atoms with Crippen molar-refractivity contribution in [2.75, 3.05) is 26.7 Å². The number of carbonyl (C=O) groups is 2. The third kappa shape index (κ3) is 4.29. The summed E-state index contributed by atoms with van der Waals surface area (Å²) in [6.45, 7) is 10.9. The van der Waals surface area contributed by atoms with Gasteiger partial charge in [-0.15, -0.1) is 0 Å². The quantitative estimate of drug-likeness (QED) is 0.791. The first kappa shape index (κ1) is 19.2. The maximum Gasteiger partial charge on any atom is 0.239 e. The maximum absolute atomic E-state index is 13.0. The van der Waals surface area contributed by atoms with E-state index in [1.165, 1.54) is 6.42 Å². The Bertz CT molecular complexity index is 442. The summed E-state index contributed by atoms with van der Waals surface area (Å²) >= 11 is 0. The molecule has 5 nitrogen and oxygen atoms in total. The molecule has 0 spiro atoms. The highest BCUT2D eigenvalue weighted by Gasteiger charge is 2.36. The van der Waals surface area contributed by atoms with Crippen LogP contribution in [0.3, 0.4) is 0 Å². The van der Waals surface area contributed by atoms with Crippen molar-refractivity contribution in [3.8, 4) is 0 Å². The van der Waals surface area contributed by atoms with E-state index < -0.39 is 0 Å². The fraction of sp³-hybridized carbons (Fsp3) is 0.895. The van der Waals surface area contributed by atoms with Gasteiger partial charge in [-0.05, 0) is 59.9 Å². The van der Waals surface area contributed by atoms with E-state index in [0.717, 1.165) is 45.3 Å². The summed E-state index contributed by atoms with van der Waals surface area (Å²) in [4.78, 5) is 31.6.